The van der Waals surface area contributed by atoms with Crippen molar-refractivity contribution in [2.45, 2.75) is 25.8 Å². The average Bonchev–Trinajstić information content (AvgIpc) is 2.78. The van der Waals surface area contributed by atoms with Crippen molar-refractivity contribution in [2.24, 2.45) is 0 Å². The van der Waals surface area contributed by atoms with Crippen molar-refractivity contribution in [3.05, 3.63) is 27.7 Å². The van der Waals surface area contributed by atoms with Gasteiger partial charge < -0.3 is 15.3 Å². The normalized spacial score (nSPS) is 18.1. The van der Waals surface area contributed by atoms with Crippen LogP contribution in [0.25, 0.3) is 0 Å². The monoisotopic (exact) mass is 316 g/mol. The zero-order valence-corrected chi connectivity index (χ0v) is 12.3. The third-order valence-electron chi connectivity index (χ3n) is 3.33. The Hall–Kier alpha value is -1.46. The first-order valence-corrected chi connectivity index (χ1v) is 6.95. The van der Waals surface area contributed by atoms with Crippen molar-refractivity contribution in [3.8, 4) is 0 Å². The van der Waals surface area contributed by atoms with Crippen LogP contribution in [-0.4, -0.2) is 34.6 Å². The molecule has 108 valence electrons. The average molecular weight is 317 g/mol. The van der Waals surface area contributed by atoms with Gasteiger partial charge in [0.2, 0.25) is 0 Å². The fraction of sp³-hybridized carbons (Fsp3) is 0.385. The van der Waals surface area contributed by atoms with Crippen LogP contribution in [-0.2, 0) is 0 Å². The largest absolute Gasteiger partial charge is 0.478 e. The number of hydrogen-bond acceptors (Lipinski definition) is 2. The Balaban J connectivity index is 2.29. The summed E-state index contributed by atoms with van der Waals surface area (Å²) >= 11 is 11.8. The molecule has 5 nitrogen and oxygen atoms in total. The molecular formula is C13H14Cl2N2O3. The number of rotatable bonds is 2. The Labute approximate surface area is 126 Å². The lowest BCUT2D eigenvalue weighted by Gasteiger charge is -2.22. The van der Waals surface area contributed by atoms with E-state index in [9.17, 15) is 9.59 Å². The van der Waals surface area contributed by atoms with Gasteiger partial charge in [0.15, 0.2) is 0 Å². The molecule has 7 heteroatoms. The maximum absolute atomic E-state index is 12.2. The van der Waals surface area contributed by atoms with E-state index in [0.29, 0.717) is 6.54 Å². The molecule has 0 spiro atoms. The van der Waals surface area contributed by atoms with Crippen LogP contribution >= 0.6 is 23.2 Å². The fourth-order valence-corrected chi connectivity index (χ4v) is 2.82. The molecule has 1 aliphatic rings. The number of carbonyl (C=O) groups excluding carboxylic acids is 1. The second-order valence-corrected chi connectivity index (χ2v) is 5.57. The fourth-order valence-electron chi connectivity index (χ4n) is 2.28. The lowest BCUT2D eigenvalue weighted by Crippen LogP contribution is -2.37. The van der Waals surface area contributed by atoms with E-state index in [0.717, 1.165) is 12.8 Å². The van der Waals surface area contributed by atoms with Gasteiger partial charge in [-0.2, -0.15) is 0 Å². The van der Waals surface area contributed by atoms with Crippen LogP contribution in [0.2, 0.25) is 10.0 Å². The van der Waals surface area contributed by atoms with Gasteiger partial charge in [-0.05, 0) is 31.9 Å². The number of benzene rings is 1. The predicted octanol–water partition coefficient (Wildman–Crippen LogP) is 3.71. The number of carbonyl (C=O) groups is 2. The van der Waals surface area contributed by atoms with Gasteiger partial charge in [0.25, 0.3) is 0 Å². The van der Waals surface area contributed by atoms with Crippen molar-refractivity contribution >= 4 is 40.9 Å². The Bertz CT molecular complexity index is 563. The van der Waals surface area contributed by atoms with Crippen LogP contribution in [0.4, 0.5) is 10.5 Å². The van der Waals surface area contributed by atoms with E-state index in [4.69, 9.17) is 28.3 Å². The molecule has 1 saturated heterocycles. The van der Waals surface area contributed by atoms with Gasteiger partial charge in [0, 0.05) is 17.6 Å². The lowest BCUT2D eigenvalue weighted by atomic mass is 10.2. The van der Waals surface area contributed by atoms with Crippen molar-refractivity contribution in [3.63, 3.8) is 0 Å². The molecule has 2 rings (SSSR count). The summed E-state index contributed by atoms with van der Waals surface area (Å²) < 4.78 is 0. The van der Waals surface area contributed by atoms with Gasteiger partial charge >= 0.3 is 12.0 Å². The zero-order valence-electron chi connectivity index (χ0n) is 10.8. The lowest BCUT2D eigenvalue weighted by molar-refractivity contribution is 0.0698. The molecule has 1 aromatic rings. The molecule has 1 unspecified atom stereocenters. The SMILES string of the molecule is CC1CCCN1C(=O)Nc1c(Cl)cc(Cl)cc1C(=O)O. The number of carboxylic acids is 1. The molecule has 1 heterocycles. The topological polar surface area (TPSA) is 69.6 Å². The van der Waals surface area contributed by atoms with Crippen molar-refractivity contribution in [2.75, 3.05) is 11.9 Å². The second kappa shape index (κ2) is 5.89. The Morgan fingerprint density at radius 2 is 2.10 bits per heavy atom. The second-order valence-electron chi connectivity index (χ2n) is 4.73. The third kappa shape index (κ3) is 2.99. The Kier molecular flexibility index (Phi) is 4.40. The minimum absolute atomic E-state index is 0.0765. The molecule has 2 amide bonds. The summed E-state index contributed by atoms with van der Waals surface area (Å²) in [5.74, 6) is -1.20. The molecule has 1 fully saturated rings. The van der Waals surface area contributed by atoms with Gasteiger partial charge in [-0.25, -0.2) is 9.59 Å². The molecule has 0 aromatic heterocycles. The molecule has 0 bridgehead atoms. The summed E-state index contributed by atoms with van der Waals surface area (Å²) in [6, 6.07) is 2.45. The predicted molar refractivity (Wildman–Crippen MR) is 77.8 cm³/mol. The quantitative estimate of drug-likeness (QED) is 0.873. The number of likely N-dealkylation sites (tertiary alicyclic amines) is 1. The third-order valence-corrected chi connectivity index (χ3v) is 3.85. The number of aromatic carboxylic acids is 1. The first-order chi connectivity index (χ1) is 9.40. The summed E-state index contributed by atoms with van der Waals surface area (Å²) in [6.07, 6.45) is 1.88. The van der Waals surface area contributed by atoms with Crippen molar-refractivity contribution in [1.82, 2.24) is 4.90 Å². The van der Waals surface area contributed by atoms with Crippen LogP contribution in [0.15, 0.2) is 12.1 Å². The molecule has 1 aliphatic heterocycles. The number of urea groups is 1. The van der Waals surface area contributed by atoms with E-state index in [-0.39, 0.29) is 33.4 Å². The molecule has 0 aliphatic carbocycles. The molecule has 0 radical (unpaired) electrons. The summed E-state index contributed by atoms with van der Waals surface area (Å²) in [7, 11) is 0. The smallest absolute Gasteiger partial charge is 0.337 e. The van der Waals surface area contributed by atoms with E-state index >= 15 is 0 Å². The first-order valence-electron chi connectivity index (χ1n) is 6.20. The highest BCUT2D eigenvalue weighted by Crippen LogP contribution is 2.31. The zero-order chi connectivity index (χ0) is 14.9. The number of carboxylic acid groups (broad SMARTS) is 1. The number of hydrogen-bond donors (Lipinski definition) is 2. The molecule has 1 aromatic carbocycles. The number of amides is 2. The van der Waals surface area contributed by atoms with E-state index in [2.05, 4.69) is 5.32 Å². The first kappa shape index (κ1) is 14.9. The van der Waals surface area contributed by atoms with Gasteiger partial charge in [0.05, 0.1) is 16.3 Å². The molecular weight excluding hydrogens is 303 g/mol. The molecule has 0 saturated carbocycles. The highest BCUT2D eigenvalue weighted by Gasteiger charge is 2.27. The van der Waals surface area contributed by atoms with Crippen LogP contribution in [0.1, 0.15) is 30.1 Å². The summed E-state index contributed by atoms with van der Waals surface area (Å²) in [5.41, 5.74) is -0.0460. The molecule has 2 N–H and O–H groups in total. The Morgan fingerprint density at radius 3 is 2.65 bits per heavy atom. The highest BCUT2D eigenvalue weighted by molar-refractivity contribution is 6.37. The van der Waals surface area contributed by atoms with Gasteiger partial charge in [-0.3, -0.25) is 0 Å². The molecule has 1 atom stereocenters. The van der Waals surface area contributed by atoms with Gasteiger partial charge in [0.1, 0.15) is 0 Å². The minimum Gasteiger partial charge on any atom is -0.478 e. The number of nitrogens with zero attached hydrogens (tertiary/aromatic N) is 1. The summed E-state index contributed by atoms with van der Waals surface area (Å²) in [5, 5.41) is 12.1. The minimum atomic E-state index is -1.20. The highest BCUT2D eigenvalue weighted by atomic mass is 35.5. The number of halogens is 2. The summed E-state index contributed by atoms with van der Waals surface area (Å²) in [4.78, 5) is 25.0. The van der Waals surface area contributed by atoms with Gasteiger partial charge in [-0.1, -0.05) is 23.2 Å². The Morgan fingerprint density at radius 1 is 1.40 bits per heavy atom. The van der Waals surface area contributed by atoms with E-state index in [1.807, 2.05) is 6.92 Å². The van der Waals surface area contributed by atoms with Crippen molar-refractivity contribution < 1.29 is 14.7 Å². The maximum Gasteiger partial charge on any atom is 0.337 e. The van der Waals surface area contributed by atoms with Crippen LogP contribution in [0, 0.1) is 0 Å². The van der Waals surface area contributed by atoms with E-state index in [1.54, 1.807) is 4.90 Å². The number of anilines is 1. The van der Waals surface area contributed by atoms with Crippen LogP contribution in [0.5, 0.6) is 0 Å². The van der Waals surface area contributed by atoms with E-state index in [1.165, 1.54) is 12.1 Å². The summed E-state index contributed by atoms with van der Waals surface area (Å²) in [6.45, 7) is 2.61. The standard InChI is InChI=1S/C13H14Cl2N2O3/c1-7-3-2-4-17(7)13(20)16-11-9(12(18)19)5-8(14)6-10(11)15/h5-7H,2-4H2,1H3,(H,16,20)(H,18,19). The van der Waals surface area contributed by atoms with Crippen LogP contribution < -0.4 is 5.32 Å². The van der Waals surface area contributed by atoms with Crippen LogP contribution in [0.3, 0.4) is 0 Å². The van der Waals surface area contributed by atoms with Crippen molar-refractivity contribution in [1.29, 1.82) is 0 Å². The van der Waals surface area contributed by atoms with Gasteiger partial charge in [-0.15, -0.1) is 0 Å². The van der Waals surface area contributed by atoms with E-state index < -0.39 is 5.97 Å². The molecule has 20 heavy (non-hydrogen) atoms. The maximum atomic E-state index is 12.2. The number of nitrogens with one attached hydrogen (secondary N) is 1.